The number of thiazole rings is 1. The molecule has 5 rings (SSSR count). The van der Waals surface area contributed by atoms with E-state index in [2.05, 4.69) is 15.0 Å². The minimum atomic E-state index is -0.197. The lowest BCUT2D eigenvalue weighted by molar-refractivity contribution is -0.926. The van der Waals surface area contributed by atoms with Crippen molar-refractivity contribution in [3.8, 4) is 5.88 Å². The number of fused-ring (bicyclic) bond motifs is 1. The molecular formula is C20H21FN5O2S+. The molecule has 1 fully saturated rings. The molecule has 0 aliphatic carbocycles. The highest BCUT2D eigenvalue weighted by Crippen LogP contribution is 2.35. The number of piperazine rings is 1. The number of quaternary nitrogens is 1. The van der Waals surface area contributed by atoms with E-state index in [4.69, 9.17) is 4.42 Å². The number of halogens is 1. The van der Waals surface area contributed by atoms with Gasteiger partial charge in [-0.05, 0) is 31.2 Å². The second-order valence-electron chi connectivity index (χ2n) is 7.19. The van der Waals surface area contributed by atoms with Gasteiger partial charge in [-0.1, -0.05) is 23.5 Å². The van der Waals surface area contributed by atoms with Gasteiger partial charge in [-0.2, -0.15) is 4.52 Å². The van der Waals surface area contributed by atoms with Crippen molar-refractivity contribution in [1.82, 2.24) is 14.6 Å². The zero-order valence-electron chi connectivity index (χ0n) is 15.9. The van der Waals surface area contributed by atoms with Crippen molar-refractivity contribution in [3.05, 3.63) is 64.9 Å². The molecule has 7 nitrogen and oxygen atoms in total. The van der Waals surface area contributed by atoms with Crippen LogP contribution in [0.5, 0.6) is 5.88 Å². The van der Waals surface area contributed by atoms with Gasteiger partial charge in [0.15, 0.2) is 11.8 Å². The highest BCUT2D eigenvalue weighted by Gasteiger charge is 2.37. The molecule has 3 aromatic heterocycles. The van der Waals surface area contributed by atoms with E-state index in [-0.39, 0.29) is 17.7 Å². The zero-order chi connectivity index (χ0) is 20.0. The number of furan rings is 1. The lowest BCUT2D eigenvalue weighted by Gasteiger charge is -2.36. The van der Waals surface area contributed by atoms with Crippen LogP contribution in [-0.2, 0) is 0 Å². The van der Waals surface area contributed by atoms with E-state index in [1.54, 1.807) is 19.3 Å². The number of nitrogens with zero attached hydrogens (tertiary/aromatic N) is 4. The number of benzene rings is 1. The van der Waals surface area contributed by atoms with Crippen molar-refractivity contribution >= 4 is 22.0 Å². The first-order valence-corrected chi connectivity index (χ1v) is 10.4. The van der Waals surface area contributed by atoms with Crippen LogP contribution in [-0.4, -0.2) is 45.9 Å². The number of aromatic hydroxyl groups is 1. The van der Waals surface area contributed by atoms with Gasteiger partial charge in [-0.15, -0.1) is 5.10 Å². The summed E-state index contributed by atoms with van der Waals surface area (Å²) in [6.07, 6.45) is 1.65. The number of anilines is 1. The first-order chi connectivity index (χ1) is 14.1. The van der Waals surface area contributed by atoms with Crippen LogP contribution in [0.1, 0.15) is 22.5 Å². The van der Waals surface area contributed by atoms with Gasteiger partial charge in [-0.25, -0.2) is 9.37 Å². The summed E-state index contributed by atoms with van der Waals surface area (Å²) in [6.45, 7) is 4.80. The maximum Gasteiger partial charge on any atom is 0.235 e. The van der Waals surface area contributed by atoms with Gasteiger partial charge in [0.05, 0.1) is 38.1 Å². The third-order valence-corrected chi connectivity index (χ3v) is 6.49. The van der Waals surface area contributed by atoms with E-state index >= 15 is 0 Å². The van der Waals surface area contributed by atoms with Crippen LogP contribution in [0.15, 0.2) is 47.1 Å². The van der Waals surface area contributed by atoms with Gasteiger partial charge < -0.3 is 19.3 Å². The van der Waals surface area contributed by atoms with Crippen LogP contribution in [0.2, 0.25) is 0 Å². The van der Waals surface area contributed by atoms with Crippen LogP contribution in [0.25, 0.3) is 4.96 Å². The Morgan fingerprint density at radius 1 is 1.21 bits per heavy atom. The highest BCUT2D eigenvalue weighted by molar-refractivity contribution is 7.17. The maximum atomic E-state index is 14.2. The fourth-order valence-electron chi connectivity index (χ4n) is 4.04. The number of rotatable bonds is 4. The molecule has 4 aromatic rings. The predicted molar refractivity (Wildman–Crippen MR) is 107 cm³/mol. The van der Waals surface area contributed by atoms with E-state index < -0.39 is 0 Å². The van der Waals surface area contributed by atoms with Crippen LogP contribution in [0, 0.1) is 12.7 Å². The second-order valence-corrected chi connectivity index (χ2v) is 8.20. The van der Waals surface area contributed by atoms with E-state index in [9.17, 15) is 9.50 Å². The Kier molecular flexibility index (Phi) is 4.48. The molecule has 1 atom stereocenters. The van der Waals surface area contributed by atoms with E-state index in [0.717, 1.165) is 23.7 Å². The third-order valence-electron chi connectivity index (χ3n) is 5.40. The Labute approximate surface area is 170 Å². The second kappa shape index (κ2) is 7.16. The van der Waals surface area contributed by atoms with E-state index in [0.29, 0.717) is 29.6 Å². The molecule has 0 amide bonds. The third kappa shape index (κ3) is 3.16. The molecule has 29 heavy (non-hydrogen) atoms. The lowest BCUT2D eigenvalue weighted by atomic mass is 10.1. The number of para-hydroxylation sites is 1. The Morgan fingerprint density at radius 2 is 2.00 bits per heavy atom. The normalized spacial score (nSPS) is 16.6. The summed E-state index contributed by atoms with van der Waals surface area (Å²) in [6, 6.07) is 10.5. The Hall–Kier alpha value is -2.91. The predicted octanol–water partition coefficient (Wildman–Crippen LogP) is 2.03. The molecule has 1 saturated heterocycles. The van der Waals surface area contributed by atoms with E-state index in [1.165, 1.54) is 26.8 Å². The van der Waals surface area contributed by atoms with Crippen LogP contribution < -0.4 is 9.80 Å². The van der Waals surface area contributed by atoms with Gasteiger partial charge in [0.25, 0.3) is 0 Å². The minimum absolute atomic E-state index is 0.107. The van der Waals surface area contributed by atoms with Crippen molar-refractivity contribution in [1.29, 1.82) is 0 Å². The smallest absolute Gasteiger partial charge is 0.235 e. The molecule has 1 aromatic carbocycles. The van der Waals surface area contributed by atoms with E-state index in [1.807, 2.05) is 24.3 Å². The summed E-state index contributed by atoms with van der Waals surface area (Å²) >= 11 is 1.43. The first-order valence-electron chi connectivity index (χ1n) is 9.54. The first kappa shape index (κ1) is 18.1. The minimum Gasteiger partial charge on any atom is -0.492 e. The number of hydrogen-bond acceptors (Lipinski definition) is 6. The number of hydrogen-bond donors (Lipinski definition) is 2. The van der Waals surface area contributed by atoms with Gasteiger partial charge in [0.2, 0.25) is 10.8 Å². The molecule has 0 spiro atoms. The number of nitrogens with one attached hydrogen (secondary N) is 1. The fraction of sp³-hybridized carbons (Fsp3) is 0.300. The molecule has 0 saturated carbocycles. The number of aryl methyl sites for hydroxylation is 1. The van der Waals surface area contributed by atoms with Crippen LogP contribution in [0.3, 0.4) is 0 Å². The molecule has 2 N–H and O–H groups in total. The summed E-state index contributed by atoms with van der Waals surface area (Å²) < 4.78 is 21.4. The van der Waals surface area contributed by atoms with Gasteiger partial charge in [0, 0.05) is 0 Å². The number of aromatic nitrogens is 3. The summed E-state index contributed by atoms with van der Waals surface area (Å²) in [5, 5.41) is 15.1. The highest BCUT2D eigenvalue weighted by atomic mass is 32.1. The SMILES string of the molecule is Cc1nc2sc([C@@H](c3ccco3)[NH+]3CCN(c4ccccc4F)CC3)c(O)n2n1. The largest absolute Gasteiger partial charge is 0.492 e. The Morgan fingerprint density at radius 3 is 2.69 bits per heavy atom. The average molecular weight is 414 g/mol. The zero-order valence-corrected chi connectivity index (χ0v) is 16.7. The average Bonchev–Trinajstić information content (AvgIpc) is 3.43. The quantitative estimate of drug-likeness (QED) is 0.535. The summed E-state index contributed by atoms with van der Waals surface area (Å²) in [5.74, 6) is 1.32. The molecule has 1 aliphatic rings. The molecule has 9 heteroatoms. The maximum absolute atomic E-state index is 14.2. The fourth-order valence-corrected chi connectivity index (χ4v) is 5.21. The van der Waals surface area contributed by atoms with Gasteiger partial charge >= 0.3 is 0 Å². The monoisotopic (exact) mass is 414 g/mol. The van der Waals surface area contributed by atoms with Crippen molar-refractivity contribution in [2.24, 2.45) is 0 Å². The Bertz CT molecular complexity index is 1130. The standard InChI is InChI=1S/C20H20FN5O2S/c1-13-22-20-26(23-13)19(27)18(29-20)17(16-7-4-12-28-16)25-10-8-24(9-11-25)15-6-3-2-5-14(15)21/h2-7,12,17,27H,8-11H2,1H3/p+1/t17-/m1/s1. The topological polar surface area (TPSA) is 71.2 Å². The molecule has 0 radical (unpaired) electrons. The van der Waals surface area contributed by atoms with Crippen LogP contribution >= 0.6 is 11.3 Å². The summed E-state index contributed by atoms with van der Waals surface area (Å²) in [7, 11) is 0. The molecule has 150 valence electrons. The van der Waals surface area contributed by atoms with Crippen molar-refractivity contribution in [2.45, 2.75) is 13.0 Å². The molecule has 0 unspecified atom stereocenters. The molecule has 0 bridgehead atoms. The van der Waals surface area contributed by atoms with Gasteiger partial charge in [0.1, 0.15) is 16.5 Å². The molecular weight excluding hydrogens is 393 g/mol. The summed E-state index contributed by atoms with van der Waals surface area (Å²) in [5.41, 5.74) is 0.637. The van der Waals surface area contributed by atoms with Crippen molar-refractivity contribution < 1.29 is 18.8 Å². The molecule has 4 heterocycles. The van der Waals surface area contributed by atoms with Crippen molar-refractivity contribution in [3.63, 3.8) is 0 Å². The van der Waals surface area contributed by atoms with Crippen LogP contribution in [0.4, 0.5) is 10.1 Å². The Balaban J connectivity index is 1.45. The molecule has 1 aliphatic heterocycles. The van der Waals surface area contributed by atoms with Crippen molar-refractivity contribution in [2.75, 3.05) is 31.1 Å². The van der Waals surface area contributed by atoms with Gasteiger partial charge in [-0.3, -0.25) is 0 Å². The lowest BCUT2D eigenvalue weighted by Crippen LogP contribution is -3.15. The summed E-state index contributed by atoms with van der Waals surface area (Å²) in [4.78, 5) is 9.16.